The number of carbonyl (C=O) groups is 1. The van der Waals surface area contributed by atoms with E-state index in [0.29, 0.717) is 5.92 Å². The van der Waals surface area contributed by atoms with Gasteiger partial charge in [-0.15, -0.1) is 0 Å². The number of anilines is 1. The van der Waals surface area contributed by atoms with Crippen molar-refractivity contribution in [1.29, 1.82) is 0 Å². The second kappa shape index (κ2) is 8.89. The van der Waals surface area contributed by atoms with E-state index in [0.717, 1.165) is 43.1 Å². The van der Waals surface area contributed by atoms with Gasteiger partial charge < -0.3 is 14.5 Å². The van der Waals surface area contributed by atoms with Gasteiger partial charge in [0.2, 0.25) is 0 Å². The molecule has 1 saturated heterocycles. The summed E-state index contributed by atoms with van der Waals surface area (Å²) in [6.07, 6.45) is -0.485. The molecule has 0 spiro atoms. The highest BCUT2D eigenvalue weighted by Gasteiger charge is 2.27. The summed E-state index contributed by atoms with van der Waals surface area (Å²) in [6, 6.07) is 12.7. The Hall–Kier alpha value is -2.49. The Bertz CT molecular complexity index is 867. The zero-order valence-electron chi connectivity index (χ0n) is 18.7. The molecule has 2 aromatic carbocycles. The average molecular weight is 395 g/mol. The van der Waals surface area contributed by atoms with Gasteiger partial charge >= 0.3 is 0 Å². The first kappa shape index (κ1) is 21.2. The third-order valence-electron chi connectivity index (χ3n) is 5.95. The molecular formula is C25H34N2O2. The number of benzene rings is 2. The fourth-order valence-corrected chi connectivity index (χ4v) is 3.96. The zero-order valence-corrected chi connectivity index (χ0v) is 18.7. The predicted molar refractivity (Wildman–Crippen MR) is 120 cm³/mol. The number of ether oxygens (including phenoxy) is 1. The van der Waals surface area contributed by atoms with Gasteiger partial charge in [0.05, 0.1) is 0 Å². The molecule has 1 fully saturated rings. The molecule has 4 heteroatoms. The van der Waals surface area contributed by atoms with Crippen LogP contribution in [0.3, 0.4) is 0 Å². The summed E-state index contributed by atoms with van der Waals surface area (Å²) in [5.41, 5.74) is 6.20. The molecule has 4 nitrogen and oxygen atoms in total. The van der Waals surface area contributed by atoms with E-state index in [4.69, 9.17) is 4.74 Å². The Balaban J connectivity index is 1.64. The lowest BCUT2D eigenvalue weighted by atomic mass is 10.0. The highest BCUT2D eigenvalue weighted by molar-refractivity contribution is 5.81. The van der Waals surface area contributed by atoms with Crippen LogP contribution in [0.25, 0.3) is 0 Å². The standard InChI is InChI=1S/C25H34N2O2/c1-17(2)22-11-10-18(3)16-24(22)29-21(6)25(28)27-14-12-26(13-15-27)23-9-7-8-19(4)20(23)5/h7-11,16-17,21H,12-15H2,1-6H3/t21-/m0/s1. The molecule has 0 aromatic heterocycles. The van der Waals surface area contributed by atoms with E-state index in [1.54, 1.807) is 0 Å². The summed E-state index contributed by atoms with van der Waals surface area (Å²) in [5.74, 6) is 1.26. The molecule has 0 N–H and O–H groups in total. The van der Waals surface area contributed by atoms with Crippen molar-refractivity contribution in [2.75, 3.05) is 31.1 Å². The molecule has 0 radical (unpaired) electrons. The number of amides is 1. The first-order valence-electron chi connectivity index (χ1n) is 10.6. The highest BCUT2D eigenvalue weighted by atomic mass is 16.5. The van der Waals surface area contributed by atoms with Gasteiger partial charge in [0.1, 0.15) is 5.75 Å². The molecule has 0 bridgehead atoms. The highest BCUT2D eigenvalue weighted by Crippen LogP contribution is 2.29. The fraction of sp³-hybridized carbons (Fsp3) is 0.480. The van der Waals surface area contributed by atoms with Gasteiger partial charge in [-0.2, -0.15) is 0 Å². The number of carbonyl (C=O) groups excluding carboxylic acids is 1. The second-order valence-corrected chi connectivity index (χ2v) is 8.49. The lowest BCUT2D eigenvalue weighted by molar-refractivity contribution is -0.138. The van der Waals surface area contributed by atoms with E-state index >= 15 is 0 Å². The Labute approximate surface area is 175 Å². The van der Waals surface area contributed by atoms with E-state index in [-0.39, 0.29) is 5.91 Å². The summed E-state index contributed by atoms with van der Waals surface area (Å²) in [5, 5.41) is 0. The minimum atomic E-state index is -0.485. The van der Waals surface area contributed by atoms with Gasteiger partial charge in [0.25, 0.3) is 5.91 Å². The average Bonchev–Trinajstić information content (AvgIpc) is 2.69. The molecule has 0 saturated carbocycles. The van der Waals surface area contributed by atoms with Gasteiger partial charge in [0, 0.05) is 31.9 Å². The molecule has 1 aliphatic heterocycles. The van der Waals surface area contributed by atoms with Crippen molar-refractivity contribution in [2.24, 2.45) is 0 Å². The maximum Gasteiger partial charge on any atom is 0.263 e. The van der Waals surface area contributed by atoms with Crippen LogP contribution in [0.2, 0.25) is 0 Å². The Morgan fingerprint density at radius 3 is 2.31 bits per heavy atom. The van der Waals surface area contributed by atoms with Crippen molar-refractivity contribution in [3.05, 3.63) is 58.7 Å². The number of hydrogen-bond donors (Lipinski definition) is 0. The smallest absolute Gasteiger partial charge is 0.263 e. The largest absolute Gasteiger partial charge is 0.481 e. The summed E-state index contributed by atoms with van der Waals surface area (Å²) in [6.45, 7) is 15.7. The van der Waals surface area contributed by atoms with Crippen LogP contribution < -0.4 is 9.64 Å². The lowest BCUT2D eigenvalue weighted by Crippen LogP contribution is -2.52. The van der Waals surface area contributed by atoms with Gasteiger partial charge in [-0.25, -0.2) is 0 Å². The van der Waals surface area contributed by atoms with Crippen LogP contribution in [0.5, 0.6) is 5.75 Å². The molecule has 1 heterocycles. The number of rotatable bonds is 5. The molecule has 0 unspecified atom stereocenters. The third kappa shape index (κ3) is 4.75. The topological polar surface area (TPSA) is 32.8 Å². The summed E-state index contributed by atoms with van der Waals surface area (Å²) in [7, 11) is 0. The Morgan fingerprint density at radius 2 is 1.66 bits per heavy atom. The molecule has 1 aliphatic rings. The Morgan fingerprint density at radius 1 is 0.966 bits per heavy atom. The molecule has 1 amide bonds. The quantitative estimate of drug-likeness (QED) is 0.727. The van der Waals surface area contributed by atoms with E-state index < -0.39 is 6.10 Å². The lowest BCUT2D eigenvalue weighted by Gasteiger charge is -2.38. The first-order chi connectivity index (χ1) is 13.8. The maximum absolute atomic E-state index is 13.0. The van der Waals surface area contributed by atoms with Crippen LogP contribution in [0.1, 0.15) is 48.9 Å². The van der Waals surface area contributed by atoms with Crippen molar-refractivity contribution < 1.29 is 9.53 Å². The number of hydrogen-bond acceptors (Lipinski definition) is 3. The predicted octanol–water partition coefficient (Wildman–Crippen LogP) is 4.85. The normalized spacial score (nSPS) is 15.6. The first-order valence-corrected chi connectivity index (χ1v) is 10.6. The van der Waals surface area contributed by atoms with E-state index in [1.807, 2.05) is 17.9 Å². The molecule has 3 rings (SSSR count). The summed E-state index contributed by atoms with van der Waals surface area (Å²) >= 11 is 0. The van der Waals surface area contributed by atoms with Gasteiger partial charge in [0.15, 0.2) is 6.10 Å². The summed E-state index contributed by atoms with van der Waals surface area (Å²) in [4.78, 5) is 17.3. The molecular weight excluding hydrogens is 360 g/mol. The van der Waals surface area contributed by atoms with Crippen LogP contribution in [0.4, 0.5) is 5.69 Å². The van der Waals surface area contributed by atoms with Crippen LogP contribution in [-0.4, -0.2) is 43.1 Å². The molecule has 1 atom stereocenters. The molecule has 0 aliphatic carbocycles. The van der Waals surface area contributed by atoms with Crippen molar-refractivity contribution in [2.45, 2.75) is 53.6 Å². The minimum Gasteiger partial charge on any atom is -0.481 e. The minimum absolute atomic E-state index is 0.0711. The van der Waals surface area contributed by atoms with Gasteiger partial charge in [-0.3, -0.25) is 4.79 Å². The van der Waals surface area contributed by atoms with Crippen molar-refractivity contribution >= 4 is 11.6 Å². The zero-order chi connectivity index (χ0) is 21.1. The van der Waals surface area contributed by atoms with Crippen LogP contribution in [0, 0.1) is 20.8 Å². The second-order valence-electron chi connectivity index (χ2n) is 8.49. The number of piperazine rings is 1. The monoisotopic (exact) mass is 394 g/mol. The third-order valence-corrected chi connectivity index (χ3v) is 5.95. The maximum atomic E-state index is 13.0. The fourth-order valence-electron chi connectivity index (χ4n) is 3.96. The number of nitrogens with zero attached hydrogens (tertiary/aromatic N) is 2. The van der Waals surface area contributed by atoms with Crippen molar-refractivity contribution in [3.8, 4) is 5.75 Å². The SMILES string of the molecule is Cc1ccc(C(C)C)c(O[C@@H](C)C(=O)N2CCN(c3cccc(C)c3C)CC2)c1. The van der Waals surface area contributed by atoms with Crippen LogP contribution in [0.15, 0.2) is 36.4 Å². The van der Waals surface area contributed by atoms with Gasteiger partial charge in [-0.05, 0) is 68.0 Å². The van der Waals surface area contributed by atoms with Crippen LogP contribution in [-0.2, 0) is 4.79 Å². The van der Waals surface area contributed by atoms with Crippen LogP contribution >= 0.6 is 0 Å². The number of aryl methyl sites for hydroxylation is 2. The molecule has 156 valence electrons. The van der Waals surface area contributed by atoms with E-state index in [2.05, 4.69) is 69.9 Å². The van der Waals surface area contributed by atoms with Gasteiger partial charge in [-0.1, -0.05) is 38.1 Å². The molecule has 2 aromatic rings. The summed E-state index contributed by atoms with van der Waals surface area (Å²) < 4.78 is 6.14. The van der Waals surface area contributed by atoms with Crippen molar-refractivity contribution in [3.63, 3.8) is 0 Å². The van der Waals surface area contributed by atoms with E-state index in [1.165, 1.54) is 16.8 Å². The Kier molecular flexibility index (Phi) is 6.51. The van der Waals surface area contributed by atoms with Crippen molar-refractivity contribution in [1.82, 2.24) is 4.90 Å². The molecule has 29 heavy (non-hydrogen) atoms. The van der Waals surface area contributed by atoms with E-state index in [9.17, 15) is 4.79 Å².